The summed E-state index contributed by atoms with van der Waals surface area (Å²) in [6.07, 6.45) is 3.23. The molecule has 0 saturated carbocycles. The second-order valence-corrected chi connectivity index (χ2v) is 8.07. The lowest BCUT2D eigenvalue weighted by molar-refractivity contribution is 0.0734. The Morgan fingerprint density at radius 1 is 1.03 bits per heavy atom. The van der Waals surface area contributed by atoms with Crippen LogP contribution in [0.2, 0.25) is 0 Å². The number of allylic oxidation sites excluding steroid dienone is 1. The summed E-state index contributed by atoms with van der Waals surface area (Å²) in [5, 5.41) is 0. The van der Waals surface area contributed by atoms with Crippen molar-refractivity contribution in [1.82, 2.24) is 4.98 Å². The zero-order chi connectivity index (χ0) is 21.3. The van der Waals surface area contributed by atoms with Gasteiger partial charge in [0, 0.05) is 18.3 Å². The lowest BCUT2D eigenvalue weighted by Gasteiger charge is -2.18. The summed E-state index contributed by atoms with van der Waals surface area (Å²) in [5.41, 5.74) is 2.64. The Bertz CT molecular complexity index is 1140. The Kier molecular flexibility index (Phi) is 4.96. The van der Waals surface area contributed by atoms with E-state index in [4.69, 9.17) is 9.47 Å². The molecule has 5 nitrogen and oxygen atoms in total. The lowest BCUT2D eigenvalue weighted by Crippen LogP contribution is -2.12. The number of pyridine rings is 1. The third-order valence-electron chi connectivity index (χ3n) is 4.81. The van der Waals surface area contributed by atoms with E-state index in [1.54, 1.807) is 54.7 Å². The van der Waals surface area contributed by atoms with Crippen molar-refractivity contribution in [3.05, 3.63) is 95.0 Å². The fourth-order valence-corrected chi connectivity index (χ4v) is 3.10. The fourth-order valence-electron chi connectivity index (χ4n) is 3.10. The van der Waals surface area contributed by atoms with E-state index in [1.807, 2.05) is 18.2 Å². The quantitative estimate of drug-likeness (QED) is 0.343. The molecule has 0 N–H and O–H groups in total. The van der Waals surface area contributed by atoms with Gasteiger partial charge in [0.15, 0.2) is 5.76 Å². The van der Waals surface area contributed by atoms with Crippen LogP contribution in [0.4, 0.5) is 0 Å². The van der Waals surface area contributed by atoms with Crippen molar-refractivity contribution in [3.8, 4) is 11.5 Å². The molecule has 30 heavy (non-hydrogen) atoms. The maximum Gasteiger partial charge on any atom is 0.343 e. The average Bonchev–Trinajstić information content (AvgIpc) is 3.03. The minimum atomic E-state index is -0.469. The molecule has 1 aliphatic rings. The second-order valence-electron chi connectivity index (χ2n) is 8.07. The van der Waals surface area contributed by atoms with E-state index in [0.29, 0.717) is 28.3 Å². The second kappa shape index (κ2) is 7.59. The summed E-state index contributed by atoms with van der Waals surface area (Å²) in [6.45, 7) is 6.34. The summed E-state index contributed by atoms with van der Waals surface area (Å²) in [4.78, 5) is 29.2. The van der Waals surface area contributed by atoms with E-state index in [2.05, 4.69) is 25.8 Å². The Morgan fingerprint density at radius 2 is 1.80 bits per heavy atom. The first-order chi connectivity index (χ1) is 14.3. The minimum Gasteiger partial charge on any atom is -0.452 e. The minimum absolute atomic E-state index is 0.00674. The van der Waals surface area contributed by atoms with Crippen LogP contribution in [0.25, 0.3) is 6.08 Å². The van der Waals surface area contributed by atoms with Crippen molar-refractivity contribution in [2.75, 3.05) is 0 Å². The smallest absolute Gasteiger partial charge is 0.343 e. The molecule has 5 heteroatoms. The normalized spacial score (nSPS) is 14.4. The van der Waals surface area contributed by atoms with Crippen LogP contribution in [-0.4, -0.2) is 16.7 Å². The van der Waals surface area contributed by atoms with Crippen molar-refractivity contribution >= 4 is 17.8 Å². The molecule has 0 amide bonds. The zero-order valence-corrected chi connectivity index (χ0v) is 17.0. The predicted octanol–water partition coefficient (Wildman–Crippen LogP) is 5.21. The van der Waals surface area contributed by atoms with E-state index in [9.17, 15) is 9.59 Å². The highest BCUT2D eigenvalue weighted by molar-refractivity contribution is 6.14. The molecule has 4 rings (SSSR count). The summed E-state index contributed by atoms with van der Waals surface area (Å²) >= 11 is 0. The van der Waals surface area contributed by atoms with Crippen LogP contribution >= 0.6 is 0 Å². The number of carbonyl (C=O) groups excluding carboxylic acids is 2. The number of esters is 1. The van der Waals surface area contributed by atoms with Gasteiger partial charge >= 0.3 is 5.97 Å². The molecular formula is C25H21NO4. The van der Waals surface area contributed by atoms with Crippen molar-refractivity contribution in [2.24, 2.45) is 0 Å². The van der Waals surface area contributed by atoms with Crippen LogP contribution in [0.5, 0.6) is 11.5 Å². The van der Waals surface area contributed by atoms with Crippen molar-refractivity contribution in [1.29, 1.82) is 0 Å². The molecule has 0 saturated heterocycles. The molecule has 1 aliphatic heterocycles. The Hall–Kier alpha value is -3.73. The molecule has 0 aliphatic carbocycles. The number of fused-ring (bicyclic) bond motifs is 1. The van der Waals surface area contributed by atoms with Crippen LogP contribution in [0.1, 0.15) is 52.7 Å². The maximum absolute atomic E-state index is 12.5. The molecular weight excluding hydrogens is 378 g/mol. The number of benzene rings is 2. The third kappa shape index (κ3) is 4.01. The first-order valence-electron chi connectivity index (χ1n) is 9.63. The molecule has 0 fully saturated rings. The fraction of sp³-hybridized carbons (Fsp3) is 0.160. The topological polar surface area (TPSA) is 65.5 Å². The third-order valence-corrected chi connectivity index (χ3v) is 4.81. The SMILES string of the molecule is CC(C)(C)c1ccc(C(=O)Oc2ccc3c(c2)O/C(=C\c2ccccn2)C3=O)cc1. The van der Waals surface area contributed by atoms with Crippen molar-refractivity contribution < 1.29 is 19.1 Å². The number of hydrogen-bond acceptors (Lipinski definition) is 5. The molecule has 0 atom stereocenters. The van der Waals surface area contributed by atoms with Crippen LogP contribution in [0.15, 0.2) is 72.6 Å². The van der Waals surface area contributed by atoms with Gasteiger partial charge in [0.1, 0.15) is 11.5 Å². The highest BCUT2D eigenvalue weighted by Gasteiger charge is 2.28. The number of Topliss-reactive ketones (excluding diaryl/α,β-unsaturated/α-hetero) is 1. The Morgan fingerprint density at radius 3 is 2.47 bits per heavy atom. The summed E-state index contributed by atoms with van der Waals surface area (Å²) in [6, 6.07) is 17.5. The predicted molar refractivity (Wildman–Crippen MR) is 114 cm³/mol. The number of ketones is 1. The van der Waals surface area contributed by atoms with Gasteiger partial charge in [-0.25, -0.2) is 4.79 Å². The molecule has 3 aromatic rings. The lowest BCUT2D eigenvalue weighted by atomic mass is 9.87. The van der Waals surface area contributed by atoms with Crippen LogP contribution in [-0.2, 0) is 5.41 Å². The summed E-state index contributed by atoms with van der Waals surface area (Å²) < 4.78 is 11.2. The molecule has 0 bridgehead atoms. The molecule has 2 heterocycles. The van der Waals surface area contributed by atoms with Crippen LogP contribution in [0, 0.1) is 0 Å². The van der Waals surface area contributed by atoms with Gasteiger partial charge in [-0.2, -0.15) is 0 Å². The largest absolute Gasteiger partial charge is 0.452 e. The number of ether oxygens (including phenoxy) is 2. The first-order valence-corrected chi connectivity index (χ1v) is 9.63. The van der Waals surface area contributed by atoms with Gasteiger partial charge in [0.05, 0.1) is 16.8 Å². The molecule has 0 spiro atoms. The van der Waals surface area contributed by atoms with E-state index < -0.39 is 5.97 Å². The Balaban J connectivity index is 1.51. The van der Waals surface area contributed by atoms with E-state index in [-0.39, 0.29) is 17.0 Å². The van der Waals surface area contributed by atoms with Gasteiger partial charge in [-0.1, -0.05) is 39.0 Å². The number of hydrogen-bond donors (Lipinski definition) is 0. The monoisotopic (exact) mass is 399 g/mol. The molecule has 2 aromatic carbocycles. The number of rotatable bonds is 3. The molecule has 0 radical (unpaired) electrons. The maximum atomic E-state index is 12.5. The molecule has 1 aromatic heterocycles. The highest BCUT2D eigenvalue weighted by Crippen LogP contribution is 2.35. The number of nitrogens with zero attached hydrogens (tertiary/aromatic N) is 1. The average molecular weight is 399 g/mol. The van der Waals surface area contributed by atoms with Crippen LogP contribution < -0.4 is 9.47 Å². The van der Waals surface area contributed by atoms with Crippen molar-refractivity contribution in [3.63, 3.8) is 0 Å². The van der Waals surface area contributed by atoms with E-state index in [1.165, 1.54) is 0 Å². The first kappa shape index (κ1) is 19.6. The van der Waals surface area contributed by atoms with Gasteiger partial charge in [-0.05, 0) is 47.4 Å². The zero-order valence-electron chi connectivity index (χ0n) is 17.0. The number of carbonyl (C=O) groups is 2. The molecule has 0 unspecified atom stereocenters. The van der Waals surface area contributed by atoms with Crippen molar-refractivity contribution in [2.45, 2.75) is 26.2 Å². The highest BCUT2D eigenvalue weighted by atomic mass is 16.5. The Labute approximate surface area is 175 Å². The van der Waals surface area contributed by atoms with E-state index >= 15 is 0 Å². The van der Waals surface area contributed by atoms with E-state index in [0.717, 1.165) is 5.56 Å². The van der Waals surface area contributed by atoms with Gasteiger partial charge < -0.3 is 9.47 Å². The molecule has 150 valence electrons. The summed E-state index contributed by atoms with van der Waals surface area (Å²) in [7, 11) is 0. The van der Waals surface area contributed by atoms with Crippen LogP contribution in [0.3, 0.4) is 0 Å². The van der Waals surface area contributed by atoms with Gasteiger partial charge in [0.2, 0.25) is 5.78 Å². The van der Waals surface area contributed by atoms with Gasteiger partial charge in [-0.15, -0.1) is 0 Å². The van der Waals surface area contributed by atoms with Gasteiger partial charge in [0.25, 0.3) is 0 Å². The summed E-state index contributed by atoms with van der Waals surface area (Å²) in [5.74, 6) is 0.154. The standard InChI is InChI=1S/C25H21NO4/c1-25(2,3)17-9-7-16(8-10-17)24(28)29-19-11-12-20-21(15-19)30-22(23(20)27)14-18-6-4-5-13-26-18/h4-15H,1-3H3/b22-14-. The van der Waals surface area contributed by atoms with Gasteiger partial charge in [-0.3, -0.25) is 9.78 Å². The number of aromatic nitrogens is 1.